The van der Waals surface area contributed by atoms with Gasteiger partial charge in [0.05, 0.1) is 58.3 Å². The number of aromatic nitrogens is 6. The molecule has 1 aliphatic rings. The topological polar surface area (TPSA) is 211 Å². The summed E-state index contributed by atoms with van der Waals surface area (Å²) in [6.45, 7) is 8.71. The fourth-order valence-electron chi connectivity index (χ4n) is 9.46. The molecule has 1 fully saturated rings. The minimum Gasteiger partial charge on any atom is -0.443 e. The van der Waals surface area contributed by atoms with Gasteiger partial charge in [-0.2, -0.15) is 8.78 Å². The molecule has 1 saturated heterocycles. The fraction of sp³-hybridized carbons (Fsp3) is 0.293. The van der Waals surface area contributed by atoms with E-state index in [9.17, 15) is 28.3 Å². The maximum atomic E-state index is 13.8. The van der Waals surface area contributed by atoms with Crippen molar-refractivity contribution in [3.05, 3.63) is 178 Å². The van der Waals surface area contributed by atoms with Crippen LogP contribution in [0.25, 0.3) is 44.6 Å². The third-order valence-corrected chi connectivity index (χ3v) is 13.9. The molecule has 2 aromatic carbocycles. The van der Waals surface area contributed by atoms with Crippen molar-refractivity contribution < 1.29 is 33.0 Å². The van der Waals surface area contributed by atoms with E-state index in [1.165, 1.54) is 12.1 Å². The Hall–Kier alpha value is -8.15. The smallest absolute Gasteiger partial charge is 0.410 e. The first-order valence-corrected chi connectivity index (χ1v) is 25.0. The average molecular weight is 1010 g/mol. The molecule has 9 rings (SSSR count). The molecule has 7 heterocycles. The van der Waals surface area contributed by atoms with Crippen LogP contribution in [0.3, 0.4) is 0 Å². The van der Waals surface area contributed by atoms with E-state index in [2.05, 4.69) is 40.5 Å². The number of benzene rings is 2. The summed E-state index contributed by atoms with van der Waals surface area (Å²) in [5, 5.41) is 17.4. The van der Waals surface area contributed by atoms with Crippen LogP contribution >= 0.6 is 0 Å². The summed E-state index contributed by atoms with van der Waals surface area (Å²) >= 11 is 0. The number of carbonyl (C=O) groups is 3. The van der Waals surface area contributed by atoms with E-state index in [4.69, 9.17) is 10.5 Å². The summed E-state index contributed by atoms with van der Waals surface area (Å²) in [7, 11) is 0. The van der Waals surface area contributed by atoms with Gasteiger partial charge in [-0.05, 0) is 166 Å². The molecule has 0 saturated carbocycles. The van der Waals surface area contributed by atoms with Crippen LogP contribution in [0, 0.1) is 18.8 Å². The molecule has 75 heavy (non-hydrogen) atoms. The van der Waals surface area contributed by atoms with E-state index in [1.807, 2.05) is 64.1 Å². The summed E-state index contributed by atoms with van der Waals surface area (Å²) in [4.78, 5) is 68.7. The Morgan fingerprint density at radius 3 is 1.81 bits per heavy atom. The number of carbonyl (C=O) groups excluding carboxylic acids is 3. The number of aliphatic hydroxyl groups is 1. The number of nitrogens with one attached hydrogen (secondary N) is 2. The van der Waals surface area contributed by atoms with Crippen LogP contribution in [-0.4, -0.2) is 83.1 Å². The third-order valence-electron chi connectivity index (χ3n) is 13.9. The van der Waals surface area contributed by atoms with Crippen molar-refractivity contribution in [3.8, 4) is 22.8 Å². The van der Waals surface area contributed by atoms with Gasteiger partial charge < -0.3 is 31.1 Å². The first kappa shape index (κ1) is 51.7. The molecule has 15 nitrogen and oxygen atoms in total. The van der Waals surface area contributed by atoms with Crippen molar-refractivity contribution >= 4 is 39.7 Å². The SMILES string of the molecule is Cc1ccc(C(=O)NCc2cc3nc(-c4cccc(F)n4)ccc3cn2)cc1C1(N)CCN(C(=O)OC(C)(C)CCc2ccc(C(=O)NCc3cc4nc(-c5cccc(F)n5)ccc4cn3)cc2C(C)CCO)CC1. The maximum Gasteiger partial charge on any atom is 0.410 e. The lowest BCUT2D eigenvalue weighted by molar-refractivity contribution is 0.00176. The lowest BCUT2D eigenvalue weighted by Gasteiger charge is -2.41. The van der Waals surface area contributed by atoms with Crippen LogP contribution in [0.4, 0.5) is 13.6 Å². The summed E-state index contributed by atoms with van der Waals surface area (Å²) in [6.07, 6.45) is 5.37. The van der Waals surface area contributed by atoms with Crippen molar-refractivity contribution in [2.45, 2.75) is 89.9 Å². The van der Waals surface area contributed by atoms with Gasteiger partial charge in [0.2, 0.25) is 11.9 Å². The van der Waals surface area contributed by atoms with Gasteiger partial charge in [-0.25, -0.2) is 24.7 Å². The second-order valence-electron chi connectivity index (χ2n) is 19.8. The number of rotatable bonds is 16. The predicted octanol–water partition coefficient (Wildman–Crippen LogP) is 9.43. The Morgan fingerprint density at radius 1 is 0.733 bits per heavy atom. The number of pyridine rings is 6. The van der Waals surface area contributed by atoms with Crippen LogP contribution in [0.2, 0.25) is 0 Å². The van der Waals surface area contributed by atoms with E-state index in [-0.39, 0.29) is 37.4 Å². The second-order valence-corrected chi connectivity index (χ2v) is 19.8. The monoisotopic (exact) mass is 1010 g/mol. The van der Waals surface area contributed by atoms with Crippen LogP contribution in [0.5, 0.6) is 0 Å². The summed E-state index contributed by atoms with van der Waals surface area (Å²) < 4.78 is 33.7. The largest absolute Gasteiger partial charge is 0.443 e. The van der Waals surface area contributed by atoms with Gasteiger partial charge in [0, 0.05) is 59.5 Å². The number of nitrogens with two attached hydrogens (primary N) is 1. The van der Waals surface area contributed by atoms with E-state index in [1.54, 1.807) is 78.0 Å². The summed E-state index contributed by atoms with van der Waals surface area (Å²) in [6, 6.07) is 30.9. The summed E-state index contributed by atoms with van der Waals surface area (Å²) in [5.74, 6) is -1.83. The number of amides is 3. The standard InChI is InChI=1S/C58H58F2N10O5/c1-35(20-26-71)44-27-38(54(72)64-33-42-29-50-40(31-62-42)15-17-48(66-50)46-7-5-9-52(59)68-46)14-13-37(44)19-21-57(3,4)75-56(74)70-24-22-58(61,23-25-70)45-28-39(12-11-36(45)2)55(73)65-34-43-30-51-41(32-63-43)16-18-49(67-51)47-8-6-10-53(60)69-47/h5-18,27-32,35,71H,19-26,33-34,61H2,1-4H3,(H,64,72)(H,65,73). The molecule has 384 valence electrons. The van der Waals surface area contributed by atoms with Crippen LogP contribution in [0.15, 0.2) is 122 Å². The normalized spacial score (nSPS) is 13.9. The van der Waals surface area contributed by atoms with Crippen molar-refractivity contribution in [2.24, 2.45) is 5.73 Å². The Bertz CT molecular complexity index is 3440. The number of likely N-dealkylation sites (tertiary alicyclic amines) is 1. The number of ether oxygens (including phenoxy) is 1. The maximum absolute atomic E-state index is 13.8. The highest BCUT2D eigenvalue weighted by Crippen LogP contribution is 2.35. The number of hydrogen-bond donors (Lipinski definition) is 4. The molecule has 5 N–H and O–H groups in total. The quantitative estimate of drug-likeness (QED) is 0.0667. The zero-order chi connectivity index (χ0) is 52.9. The highest BCUT2D eigenvalue weighted by molar-refractivity contribution is 5.95. The summed E-state index contributed by atoms with van der Waals surface area (Å²) in [5.41, 5.74) is 14.3. The molecule has 6 aromatic heterocycles. The van der Waals surface area contributed by atoms with Gasteiger partial charge in [0.25, 0.3) is 11.8 Å². The number of hydrogen-bond acceptors (Lipinski definition) is 12. The van der Waals surface area contributed by atoms with Gasteiger partial charge in [-0.15, -0.1) is 0 Å². The molecule has 0 bridgehead atoms. The zero-order valence-electron chi connectivity index (χ0n) is 42.2. The number of nitrogens with zero attached hydrogens (tertiary/aromatic N) is 7. The Morgan fingerprint density at radius 2 is 1.27 bits per heavy atom. The van der Waals surface area contributed by atoms with E-state index in [0.29, 0.717) is 102 Å². The molecular formula is C58H58F2N10O5. The minimum atomic E-state index is -0.849. The molecule has 1 atom stereocenters. The lowest BCUT2D eigenvalue weighted by Crippen LogP contribution is -2.51. The first-order valence-electron chi connectivity index (χ1n) is 25.0. The average Bonchev–Trinajstić information content (AvgIpc) is 3.41. The van der Waals surface area contributed by atoms with Gasteiger partial charge in [0.1, 0.15) is 5.60 Å². The molecule has 1 unspecified atom stereocenters. The lowest BCUT2D eigenvalue weighted by atomic mass is 9.79. The highest BCUT2D eigenvalue weighted by atomic mass is 19.1. The van der Waals surface area contributed by atoms with E-state index in [0.717, 1.165) is 33.0 Å². The van der Waals surface area contributed by atoms with Gasteiger partial charge in [-0.1, -0.05) is 31.2 Å². The third kappa shape index (κ3) is 12.3. The van der Waals surface area contributed by atoms with Gasteiger partial charge in [-0.3, -0.25) is 19.6 Å². The molecule has 1 aliphatic heterocycles. The van der Waals surface area contributed by atoms with Crippen molar-refractivity contribution in [1.29, 1.82) is 0 Å². The van der Waals surface area contributed by atoms with Crippen molar-refractivity contribution in [2.75, 3.05) is 19.7 Å². The molecule has 0 aliphatic carbocycles. The molecule has 0 spiro atoms. The number of halogens is 2. The number of piperidine rings is 1. The van der Waals surface area contributed by atoms with Crippen molar-refractivity contribution in [3.63, 3.8) is 0 Å². The first-order chi connectivity index (χ1) is 36.0. The van der Waals surface area contributed by atoms with Gasteiger partial charge in [0.15, 0.2) is 0 Å². The van der Waals surface area contributed by atoms with Crippen LogP contribution in [-0.2, 0) is 29.8 Å². The highest BCUT2D eigenvalue weighted by Gasteiger charge is 2.37. The van der Waals surface area contributed by atoms with Gasteiger partial charge >= 0.3 is 6.09 Å². The number of fused-ring (bicyclic) bond motifs is 2. The predicted molar refractivity (Wildman–Crippen MR) is 281 cm³/mol. The molecular weight excluding hydrogens is 955 g/mol. The number of aliphatic hydroxyl groups excluding tert-OH is 1. The molecule has 0 radical (unpaired) electrons. The number of aryl methyl sites for hydroxylation is 2. The van der Waals surface area contributed by atoms with Crippen LogP contribution in [0.1, 0.15) is 107 Å². The van der Waals surface area contributed by atoms with E-state index >= 15 is 0 Å². The zero-order valence-corrected chi connectivity index (χ0v) is 42.2. The second kappa shape index (κ2) is 22.1. The molecule has 8 aromatic rings. The Balaban J connectivity index is 0.782. The molecule has 17 heteroatoms. The Labute approximate surface area is 433 Å². The van der Waals surface area contributed by atoms with Crippen LogP contribution < -0.4 is 16.4 Å². The minimum absolute atomic E-state index is 0.0236. The van der Waals surface area contributed by atoms with E-state index < -0.39 is 29.1 Å². The van der Waals surface area contributed by atoms with Crippen molar-refractivity contribution in [1.82, 2.24) is 45.4 Å². The Kier molecular flexibility index (Phi) is 15.3. The molecule has 3 amide bonds. The fourth-order valence-corrected chi connectivity index (χ4v) is 9.46.